The Balaban J connectivity index is 1.78. The zero-order valence-electron chi connectivity index (χ0n) is 10.2. The van der Waals surface area contributed by atoms with Crippen LogP contribution in [0.1, 0.15) is 37.1 Å². The minimum absolute atomic E-state index is 0.0821. The molecule has 3 nitrogen and oxygen atoms in total. The fourth-order valence-corrected chi connectivity index (χ4v) is 2.87. The van der Waals surface area contributed by atoms with E-state index in [9.17, 15) is 13.6 Å². The van der Waals surface area contributed by atoms with Gasteiger partial charge in [0.1, 0.15) is 5.00 Å². The largest absolute Gasteiger partial charge is 0.316 e. The molecule has 1 aromatic rings. The number of nitrogens with one attached hydrogen (secondary N) is 1. The van der Waals surface area contributed by atoms with E-state index in [1.807, 2.05) is 6.92 Å². The Morgan fingerprint density at radius 3 is 2.78 bits per heavy atom. The number of aromatic nitrogens is 1. The third-order valence-corrected chi connectivity index (χ3v) is 4.02. The first-order chi connectivity index (χ1) is 8.44. The van der Waals surface area contributed by atoms with Crippen LogP contribution < -0.4 is 5.32 Å². The lowest BCUT2D eigenvalue weighted by atomic mass is 9.84. The van der Waals surface area contributed by atoms with Crippen LogP contribution in [0.3, 0.4) is 0 Å². The Kier molecular flexibility index (Phi) is 3.94. The molecule has 1 fully saturated rings. The molecule has 0 bridgehead atoms. The first-order valence-electron chi connectivity index (χ1n) is 6.05. The Labute approximate surface area is 109 Å². The molecule has 0 aliphatic heterocycles. The number of halogens is 2. The number of anilines is 1. The maximum absolute atomic E-state index is 13.0. The van der Waals surface area contributed by atoms with E-state index in [-0.39, 0.29) is 24.7 Å². The second-order valence-corrected chi connectivity index (χ2v) is 6.03. The summed E-state index contributed by atoms with van der Waals surface area (Å²) in [6.45, 7) is 1.86. The molecule has 2 rings (SSSR count). The molecule has 0 spiro atoms. The van der Waals surface area contributed by atoms with Crippen LogP contribution >= 0.6 is 11.3 Å². The van der Waals surface area contributed by atoms with Crippen molar-refractivity contribution in [3.8, 4) is 0 Å². The summed E-state index contributed by atoms with van der Waals surface area (Å²) in [7, 11) is 0. The van der Waals surface area contributed by atoms with Gasteiger partial charge in [0.25, 0.3) is 0 Å². The van der Waals surface area contributed by atoms with Crippen LogP contribution in [0.25, 0.3) is 0 Å². The first-order valence-corrected chi connectivity index (χ1v) is 6.86. The van der Waals surface area contributed by atoms with Crippen LogP contribution in [0.4, 0.5) is 13.8 Å². The van der Waals surface area contributed by atoms with Crippen molar-refractivity contribution in [2.24, 2.45) is 5.92 Å². The van der Waals surface area contributed by atoms with Gasteiger partial charge in [-0.15, -0.1) is 11.3 Å². The minimum atomic E-state index is -2.53. The average molecular weight is 274 g/mol. The molecule has 100 valence electrons. The molecular weight excluding hydrogens is 258 g/mol. The van der Waals surface area contributed by atoms with Gasteiger partial charge in [-0.1, -0.05) is 0 Å². The Morgan fingerprint density at radius 2 is 2.22 bits per heavy atom. The molecule has 1 aliphatic rings. The van der Waals surface area contributed by atoms with Crippen molar-refractivity contribution in [1.82, 2.24) is 4.98 Å². The summed E-state index contributed by atoms with van der Waals surface area (Å²) in [5, 5.41) is 4.37. The molecule has 1 amide bonds. The molecule has 1 aromatic heterocycles. The summed E-state index contributed by atoms with van der Waals surface area (Å²) in [6, 6.07) is 0. The van der Waals surface area contributed by atoms with Crippen LogP contribution in [0.2, 0.25) is 0 Å². The van der Waals surface area contributed by atoms with Crippen molar-refractivity contribution >= 4 is 22.2 Å². The zero-order valence-corrected chi connectivity index (χ0v) is 11.0. The standard InChI is InChI=1S/C12H16F2N2OS/c1-8-15-7-11(18-8)16-10(17)6-9-2-4-12(13,14)5-3-9/h7,9H,2-6H2,1H3,(H,16,17). The number of carbonyl (C=O) groups is 1. The fraction of sp³-hybridized carbons (Fsp3) is 0.667. The number of alkyl halides is 2. The van der Waals surface area contributed by atoms with Crippen LogP contribution in [-0.2, 0) is 4.79 Å². The third kappa shape index (κ3) is 3.73. The predicted octanol–water partition coefficient (Wildman–Crippen LogP) is 3.61. The molecule has 1 heterocycles. The van der Waals surface area contributed by atoms with Crippen molar-refractivity contribution in [3.63, 3.8) is 0 Å². The minimum Gasteiger partial charge on any atom is -0.316 e. The third-order valence-electron chi connectivity index (χ3n) is 3.19. The number of carbonyl (C=O) groups excluding carboxylic acids is 1. The lowest BCUT2D eigenvalue weighted by Crippen LogP contribution is -2.27. The molecule has 0 saturated heterocycles. The van der Waals surface area contributed by atoms with Crippen LogP contribution in [0.5, 0.6) is 0 Å². The van der Waals surface area contributed by atoms with E-state index < -0.39 is 5.92 Å². The van der Waals surface area contributed by atoms with Gasteiger partial charge in [-0.3, -0.25) is 4.79 Å². The topological polar surface area (TPSA) is 42.0 Å². The summed E-state index contributed by atoms with van der Waals surface area (Å²) in [4.78, 5) is 15.8. The van der Waals surface area contributed by atoms with Gasteiger partial charge in [-0.25, -0.2) is 13.8 Å². The molecule has 6 heteroatoms. The molecule has 0 radical (unpaired) electrons. The SMILES string of the molecule is Cc1ncc(NC(=O)CC2CCC(F)(F)CC2)s1. The summed E-state index contributed by atoms with van der Waals surface area (Å²) in [6.07, 6.45) is 2.62. The van der Waals surface area contributed by atoms with E-state index in [4.69, 9.17) is 0 Å². The van der Waals surface area contributed by atoms with Crippen molar-refractivity contribution in [1.29, 1.82) is 0 Å². The van der Waals surface area contributed by atoms with Gasteiger partial charge in [-0.05, 0) is 25.7 Å². The fourth-order valence-electron chi connectivity index (χ4n) is 2.17. The smallest absolute Gasteiger partial charge is 0.248 e. The van der Waals surface area contributed by atoms with Crippen molar-refractivity contribution in [2.45, 2.75) is 45.0 Å². The van der Waals surface area contributed by atoms with Crippen LogP contribution in [-0.4, -0.2) is 16.8 Å². The molecule has 0 aromatic carbocycles. The molecular formula is C12H16F2N2OS. The summed E-state index contributed by atoms with van der Waals surface area (Å²) in [5.41, 5.74) is 0. The van der Waals surface area contributed by atoms with Gasteiger partial charge >= 0.3 is 0 Å². The highest BCUT2D eigenvalue weighted by molar-refractivity contribution is 7.15. The monoisotopic (exact) mass is 274 g/mol. The van der Waals surface area contributed by atoms with Gasteiger partial charge in [0.2, 0.25) is 11.8 Å². The van der Waals surface area contributed by atoms with Gasteiger partial charge in [0.15, 0.2) is 0 Å². The van der Waals surface area contributed by atoms with Crippen molar-refractivity contribution in [3.05, 3.63) is 11.2 Å². The molecule has 1 N–H and O–H groups in total. The quantitative estimate of drug-likeness (QED) is 0.915. The molecule has 1 saturated carbocycles. The van der Waals surface area contributed by atoms with Crippen LogP contribution in [0, 0.1) is 12.8 Å². The summed E-state index contributed by atoms with van der Waals surface area (Å²) < 4.78 is 25.9. The Morgan fingerprint density at radius 1 is 1.56 bits per heavy atom. The second kappa shape index (κ2) is 5.30. The molecule has 18 heavy (non-hydrogen) atoms. The Bertz CT molecular complexity index is 423. The molecule has 1 aliphatic carbocycles. The first kappa shape index (κ1) is 13.4. The predicted molar refractivity (Wildman–Crippen MR) is 67.0 cm³/mol. The number of rotatable bonds is 3. The Hall–Kier alpha value is -1.04. The highest BCUT2D eigenvalue weighted by Gasteiger charge is 2.35. The van der Waals surface area contributed by atoms with Gasteiger partial charge in [0.05, 0.1) is 11.2 Å². The summed E-state index contributed by atoms with van der Waals surface area (Å²) in [5.74, 6) is -2.55. The van der Waals surface area contributed by atoms with Gasteiger partial charge in [0, 0.05) is 19.3 Å². The van der Waals surface area contributed by atoms with E-state index in [0.717, 1.165) is 10.0 Å². The number of hydrogen-bond acceptors (Lipinski definition) is 3. The normalized spacial score (nSPS) is 19.7. The molecule has 0 unspecified atom stereocenters. The van der Waals surface area contributed by atoms with E-state index >= 15 is 0 Å². The summed E-state index contributed by atoms with van der Waals surface area (Å²) >= 11 is 1.41. The van der Waals surface area contributed by atoms with Gasteiger partial charge in [-0.2, -0.15) is 0 Å². The number of hydrogen-bond donors (Lipinski definition) is 1. The van der Waals surface area contributed by atoms with E-state index in [2.05, 4.69) is 10.3 Å². The van der Waals surface area contributed by atoms with E-state index in [1.54, 1.807) is 6.20 Å². The number of aryl methyl sites for hydroxylation is 1. The highest BCUT2D eigenvalue weighted by atomic mass is 32.1. The van der Waals surface area contributed by atoms with E-state index in [1.165, 1.54) is 11.3 Å². The van der Waals surface area contributed by atoms with Crippen molar-refractivity contribution in [2.75, 3.05) is 5.32 Å². The number of thiazole rings is 1. The molecule has 0 atom stereocenters. The second-order valence-electron chi connectivity index (χ2n) is 4.80. The average Bonchev–Trinajstić information content (AvgIpc) is 2.67. The highest BCUT2D eigenvalue weighted by Crippen LogP contribution is 2.37. The van der Waals surface area contributed by atoms with Crippen molar-refractivity contribution < 1.29 is 13.6 Å². The van der Waals surface area contributed by atoms with Gasteiger partial charge < -0.3 is 5.32 Å². The van der Waals surface area contributed by atoms with E-state index in [0.29, 0.717) is 19.3 Å². The maximum Gasteiger partial charge on any atom is 0.248 e. The zero-order chi connectivity index (χ0) is 13.2. The van der Waals surface area contributed by atoms with Crippen LogP contribution in [0.15, 0.2) is 6.20 Å². The number of amides is 1. The lowest BCUT2D eigenvalue weighted by Gasteiger charge is -2.27. The lowest BCUT2D eigenvalue weighted by molar-refractivity contribution is -0.118. The number of nitrogens with zero attached hydrogens (tertiary/aromatic N) is 1. The maximum atomic E-state index is 13.0.